The summed E-state index contributed by atoms with van der Waals surface area (Å²) in [5.41, 5.74) is 1.28. The van der Waals surface area contributed by atoms with Gasteiger partial charge in [0, 0.05) is 19.1 Å². The van der Waals surface area contributed by atoms with Crippen LogP contribution in [0.2, 0.25) is 0 Å². The van der Waals surface area contributed by atoms with Crippen LogP contribution in [0, 0.1) is 6.92 Å². The standard InChI is InChI=1S/C14H21NO/c1-4-12(3)15-9-14(10-15)16-13-7-5-11(2)6-8-13/h5-8,12,14H,4,9-10H2,1-3H3. The van der Waals surface area contributed by atoms with Crippen LogP contribution in [-0.2, 0) is 0 Å². The summed E-state index contributed by atoms with van der Waals surface area (Å²) in [6, 6.07) is 9.00. The highest BCUT2D eigenvalue weighted by molar-refractivity contribution is 5.26. The number of hydrogen-bond acceptors (Lipinski definition) is 2. The molecule has 1 fully saturated rings. The molecule has 2 heteroatoms. The number of ether oxygens (including phenoxy) is 1. The zero-order chi connectivity index (χ0) is 11.5. The lowest BCUT2D eigenvalue weighted by atomic mass is 10.1. The number of likely N-dealkylation sites (tertiary alicyclic amines) is 1. The molecular weight excluding hydrogens is 198 g/mol. The molecule has 0 spiro atoms. The Morgan fingerprint density at radius 3 is 2.50 bits per heavy atom. The van der Waals surface area contributed by atoms with E-state index in [0.717, 1.165) is 18.8 Å². The molecule has 16 heavy (non-hydrogen) atoms. The van der Waals surface area contributed by atoms with Crippen LogP contribution in [-0.4, -0.2) is 30.1 Å². The average molecular weight is 219 g/mol. The van der Waals surface area contributed by atoms with Crippen LogP contribution in [0.15, 0.2) is 24.3 Å². The van der Waals surface area contributed by atoms with E-state index in [1.165, 1.54) is 12.0 Å². The lowest BCUT2D eigenvalue weighted by Gasteiger charge is -2.42. The van der Waals surface area contributed by atoms with Crippen molar-refractivity contribution in [2.45, 2.75) is 39.3 Å². The van der Waals surface area contributed by atoms with Crippen LogP contribution < -0.4 is 4.74 Å². The zero-order valence-electron chi connectivity index (χ0n) is 10.4. The van der Waals surface area contributed by atoms with Crippen LogP contribution in [0.25, 0.3) is 0 Å². The summed E-state index contributed by atoms with van der Waals surface area (Å²) in [4.78, 5) is 2.47. The third-order valence-electron chi connectivity index (χ3n) is 3.41. The largest absolute Gasteiger partial charge is 0.488 e. The van der Waals surface area contributed by atoms with Gasteiger partial charge in [-0.1, -0.05) is 24.6 Å². The van der Waals surface area contributed by atoms with Gasteiger partial charge >= 0.3 is 0 Å². The van der Waals surface area contributed by atoms with Gasteiger partial charge in [-0.2, -0.15) is 0 Å². The Balaban J connectivity index is 1.79. The molecule has 0 aliphatic carbocycles. The summed E-state index contributed by atoms with van der Waals surface area (Å²) >= 11 is 0. The van der Waals surface area contributed by atoms with Gasteiger partial charge < -0.3 is 4.74 Å². The minimum Gasteiger partial charge on any atom is -0.488 e. The number of nitrogens with zero attached hydrogens (tertiary/aromatic N) is 1. The molecule has 0 amide bonds. The molecule has 2 nitrogen and oxygen atoms in total. The van der Waals surface area contributed by atoms with Crippen LogP contribution >= 0.6 is 0 Å². The first-order valence-corrected chi connectivity index (χ1v) is 6.16. The van der Waals surface area contributed by atoms with Gasteiger partial charge in [0.25, 0.3) is 0 Å². The molecule has 1 saturated heterocycles. The van der Waals surface area contributed by atoms with E-state index < -0.39 is 0 Å². The van der Waals surface area contributed by atoms with E-state index in [0.29, 0.717) is 12.1 Å². The maximum absolute atomic E-state index is 5.89. The van der Waals surface area contributed by atoms with Crippen molar-refractivity contribution in [2.24, 2.45) is 0 Å². The second kappa shape index (κ2) is 4.88. The molecule has 1 aliphatic rings. The first kappa shape index (κ1) is 11.5. The Bertz CT molecular complexity index is 327. The minimum absolute atomic E-state index is 0.386. The fourth-order valence-corrected chi connectivity index (χ4v) is 1.97. The highest BCUT2D eigenvalue weighted by Gasteiger charge is 2.30. The lowest BCUT2D eigenvalue weighted by Crippen LogP contribution is -2.56. The molecule has 88 valence electrons. The van der Waals surface area contributed by atoms with E-state index in [1.54, 1.807) is 0 Å². The van der Waals surface area contributed by atoms with Crippen molar-refractivity contribution in [3.63, 3.8) is 0 Å². The molecular formula is C14H21NO. The summed E-state index contributed by atoms with van der Waals surface area (Å²) in [5.74, 6) is 0.999. The van der Waals surface area contributed by atoms with Crippen molar-refractivity contribution in [3.05, 3.63) is 29.8 Å². The smallest absolute Gasteiger partial charge is 0.124 e. The minimum atomic E-state index is 0.386. The number of benzene rings is 1. The van der Waals surface area contributed by atoms with Gasteiger partial charge in [-0.05, 0) is 32.4 Å². The fraction of sp³-hybridized carbons (Fsp3) is 0.571. The van der Waals surface area contributed by atoms with Crippen molar-refractivity contribution >= 4 is 0 Å². The Kier molecular flexibility index (Phi) is 3.49. The maximum Gasteiger partial charge on any atom is 0.124 e. The second-order valence-electron chi connectivity index (χ2n) is 4.76. The van der Waals surface area contributed by atoms with Crippen molar-refractivity contribution in [3.8, 4) is 5.75 Å². The van der Waals surface area contributed by atoms with Crippen LogP contribution in [0.1, 0.15) is 25.8 Å². The second-order valence-corrected chi connectivity index (χ2v) is 4.76. The summed E-state index contributed by atoms with van der Waals surface area (Å²) in [6.07, 6.45) is 1.61. The van der Waals surface area contributed by atoms with Gasteiger partial charge in [0.15, 0.2) is 0 Å². The third-order valence-corrected chi connectivity index (χ3v) is 3.41. The zero-order valence-corrected chi connectivity index (χ0v) is 10.4. The van der Waals surface area contributed by atoms with E-state index in [-0.39, 0.29) is 0 Å². The van der Waals surface area contributed by atoms with Crippen LogP contribution in [0.3, 0.4) is 0 Å². The predicted octanol–water partition coefficient (Wildman–Crippen LogP) is 2.86. The fourth-order valence-electron chi connectivity index (χ4n) is 1.97. The molecule has 0 saturated carbocycles. The highest BCUT2D eigenvalue weighted by atomic mass is 16.5. The Hall–Kier alpha value is -1.02. The SMILES string of the molecule is CCC(C)N1CC(Oc2ccc(C)cc2)C1. The van der Waals surface area contributed by atoms with Crippen molar-refractivity contribution in [1.82, 2.24) is 4.90 Å². The van der Waals surface area contributed by atoms with Crippen molar-refractivity contribution in [2.75, 3.05) is 13.1 Å². The first-order valence-electron chi connectivity index (χ1n) is 6.16. The summed E-state index contributed by atoms with van der Waals surface area (Å²) in [5, 5.41) is 0. The molecule has 0 N–H and O–H groups in total. The molecule has 1 atom stereocenters. The Morgan fingerprint density at radius 2 is 1.94 bits per heavy atom. The summed E-state index contributed by atoms with van der Waals surface area (Å²) in [6.45, 7) is 8.75. The van der Waals surface area contributed by atoms with Gasteiger partial charge in [0.05, 0.1) is 0 Å². The van der Waals surface area contributed by atoms with Gasteiger partial charge in [0.2, 0.25) is 0 Å². The van der Waals surface area contributed by atoms with E-state index in [9.17, 15) is 0 Å². The molecule has 1 heterocycles. The molecule has 0 aromatic heterocycles. The molecule has 1 aromatic carbocycles. The van der Waals surface area contributed by atoms with Crippen LogP contribution in [0.5, 0.6) is 5.75 Å². The summed E-state index contributed by atoms with van der Waals surface area (Å²) < 4.78 is 5.89. The maximum atomic E-state index is 5.89. The quantitative estimate of drug-likeness (QED) is 0.772. The normalized spacial score (nSPS) is 19.2. The van der Waals surface area contributed by atoms with Gasteiger partial charge in [-0.25, -0.2) is 0 Å². The lowest BCUT2D eigenvalue weighted by molar-refractivity contribution is -0.00531. The van der Waals surface area contributed by atoms with Gasteiger partial charge in [-0.3, -0.25) is 4.90 Å². The van der Waals surface area contributed by atoms with E-state index >= 15 is 0 Å². The average Bonchev–Trinajstić information content (AvgIpc) is 2.24. The van der Waals surface area contributed by atoms with Crippen LogP contribution in [0.4, 0.5) is 0 Å². The molecule has 1 unspecified atom stereocenters. The van der Waals surface area contributed by atoms with Crippen molar-refractivity contribution in [1.29, 1.82) is 0 Å². The molecule has 2 rings (SSSR count). The molecule has 0 radical (unpaired) electrons. The molecule has 1 aromatic rings. The molecule has 1 aliphatic heterocycles. The number of rotatable bonds is 4. The van der Waals surface area contributed by atoms with E-state index in [1.807, 2.05) is 0 Å². The predicted molar refractivity (Wildman–Crippen MR) is 66.9 cm³/mol. The first-order chi connectivity index (χ1) is 7.69. The molecule has 0 bridgehead atoms. The Labute approximate surface area is 98.2 Å². The van der Waals surface area contributed by atoms with Crippen molar-refractivity contribution < 1.29 is 4.74 Å². The number of aryl methyl sites for hydroxylation is 1. The summed E-state index contributed by atoms with van der Waals surface area (Å²) in [7, 11) is 0. The highest BCUT2D eigenvalue weighted by Crippen LogP contribution is 2.20. The number of hydrogen-bond donors (Lipinski definition) is 0. The third kappa shape index (κ3) is 2.56. The Morgan fingerprint density at radius 1 is 1.31 bits per heavy atom. The van der Waals surface area contributed by atoms with E-state index in [4.69, 9.17) is 4.74 Å². The van der Waals surface area contributed by atoms with E-state index in [2.05, 4.69) is 49.9 Å². The van der Waals surface area contributed by atoms with Gasteiger partial charge in [0.1, 0.15) is 11.9 Å². The topological polar surface area (TPSA) is 12.5 Å². The van der Waals surface area contributed by atoms with Gasteiger partial charge in [-0.15, -0.1) is 0 Å². The monoisotopic (exact) mass is 219 g/mol.